The first kappa shape index (κ1) is 19.5. The number of benzene rings is 2. The molecule has 2 aromatic carbocycles. The Morgan fingerprint density at radius 2 is 1.72 bits per heavy atom. The van der Waals surface area contributed by atoms with E-state index in [4.69, 9.17) is 25.2 Å². The molecule has 0 N–H and O–H groups in total. The Morgan fingerprint density at radius 1 is 0.966 bits per heavy atom. The van der Waals surface area contributed by atoms with Crippen molar-refractivity contribution in [3.8, 4) is 17.2 Å². The van der Waals surface area contributed by atoms with Crippen LogP contribution in [-0.4, -0.2) is 20.4 Å². The lowest BCUT2D eigenvalue weighted by Gasteiger charge is -2.03. The van der Waals surface area contributed by atoms with Crippen LogP contribution >= 0.6 is 23.4 Å². The van der Waals surface area contributed by atoms with Crippen LogP contribution < -0.4 is 4.74 Å². The minimum atomic E-state index is -0.146. The smallest absolute Gasteiger partial charge is 0.277 e. The molecule has 0 amide bonds. The number of hydrogen-bond acceptors (Lipinski definition) is 8. The van der Waals surface area contributed by atoms with Gasteiger partial charge in [-0.15, -0.1) is 20.4 Å². The lowest BCUT2D eigenvalue weighted by atomic mass is 10.1. The van der Waals surface area contributed by atoms with Crippen molar-refractivity contribution in [2.75, 3.05) is 0 Å². The predicted octanol–water partition coefficient (Wildman–Crippen LogP) is 5.51. The molecule has 0 aliphatic carbocycles. The Morgan fingerprint density at radius 3 is 2.48 bits per heavy atom. The van der Waals surface area contributed by atoms with Crippen molar-refractivity contribution in [3.05, 3.63) is 70.9 Å². The third-order valence-electron chi connectivity index (χ3n) is 3.99. The van der Waals surface area contributed by atoms with E-state index in [2.05, 4.69) is 20.4 Å². The lowest BCUT2D eigenvalue weighted by Crippen LogP contribution is -1.95. The number of nitrogens with zero attached hydrogens (tertiary/aromatic N) is 4. The second-order valence-corrected chi connectivity index (χ2v) is 8.00. The Hall–Kier alpha value is -2.84. The largest absolute Gasteiger partial charge is 0.484 e. The van der Waals surface area contributed by atoms with Crippen LogP contribution in [0.4, 0.5) is 0 Å². The molecule has 0 spiro atoms. The number of hydrogen-bond donors (Lipinski definition) is 0. The molecule has 148 valence electrons. The fraction of sp³-hybridized carbons (Fsp3) is 0.200. The Kier molecular flexibility index (Phi) is 5.82. The second-order valence-electron chi connectivity index (χ2n) is 6.28. The van der Waals surface area contributed by atoms with Gasteiger partial charge in [-0.1, -0.05) is 41.1 Å². The molecule has 2 heterocycles. The summed E-state index contributed by atoms with van der Waals surface area (Å²) < 4.78 is 17.0. The van der Waals surface area contributed by atoms with Gasteiger partial charge in [0.05, 0.1) is 5.25 Å². The van der Waals surface area contributed by atoms with Gasteiger partial charge < -0.3 is 13.6 Å². The zero-order valence-electron chi connectivity index (χ0n) is 15.7. The van der Waals surface area contributed by atoms with Crippen LogP contribution in [0.2, 0.25) is 5.02 Å². The zero-order valence-corrected chi connectivity index (χ0v) is 17.3. The third-order valence-corrected chi connectivity index (χ3v) is 5.16. The van der Waals surface area contributed by atoms with Gasteiger partial charge in [0, 0.05) is 10.6 Å². The highest BCUT2D eigenvalue weighted by Crippen LogP contribution is 2.34. The van der Waals surface area contributed by atoms with E-state index < -0.39 is 0 Å². The van der Waals surface area contributed by atoms with Crippen LogP contribution in [-0.2, 0) is 6.61 Å². The Labute approximate surface area is 176 Å². The number of halogens is 1. The van der Waals surface area contributed by atoms with E-state index in [0.29, 0.717) is 33.7 Å². The van der Waals surface area contributed by atoms with Gasteiger partial charge in [-0.2, -0.15) is 0 Å². The van der Waals surface area contributed by atoms with Crippen LogP contribution in [0.25, 0.3) is 11.5 Å². The van der Waals surface area contributed by atoms with E-state index in [9.17, 15) is 0 Å². The summed E-state index contributed by atoms with van der Waals surface area (Å²) in [6.45, 7) is 4.13. The molecule has 1 atom stereocenters. The average Bonchev–Trinajstić information content (AvgIpc) is 3.38. The Bertz CT molecular complexity index is 1080. The molecular formula is C20H17ClN4O3S. The number of rotatable bonds is 7. The lowest BCUT2D eigenvalue weighted by molar-refractivity contribution is 0.252. The quantitative estimate of drug-likeness (QED) is 0.356. The van der Waals surface area contributed by atoms with Gasteiger partial charge in [0.25, 0.3) is 11.1 Å². The van der Waals surface area contributed by atoms with Crippen LogP contribution in [0.3, 0.4) is 0 Å². The molecule has 0 aliphatic rings. The van der Waals surface area contributed by atoms with E-state index in [1.807, 2.05) is 38.1 Å². The summed E-state index contributed by atoms with van der Waals surface area (Å²) in [5.74, 6) is 2.02. The molecule has 0 saturated carbocycles. The van der Waals surface area contributed by atoms with Crippen molar-refractivity contribution in [2.24, 2.45) is 0 Å². The summed E-state index contributed by atoms with van der Waals surface area (Å²) in [5, 5.41) is 17.2. The fourth-order valence-corrected chi connectivity index (χ4v) is 3.29. The van der Waals surface area contributed by atoms with E-state index in [1.54, 1.807) is 24.3 Å². The molecule has 0 fully saturated rings. The number of aromatic nitrogens is 4. The molecule has 9 heteroatoms. The third kappa shape index (κ3) is 4.96. The number of thioether (sulfide) groups is 1. The van der Waals surface area contributed by atoms with Gasteiger partial charge >= 0.3 is 0 Å². The SMILES string of the molecule is Cc1ccc(-c2nnc(C(C)Sc3nnc(COc4ccc(Cl)cc4)o3)o2)cc1. The van der Waals surface area contributed by atoms with E-state index in [1.165, 1.54) is 17.3 Å². The molecule has 0 saturated heterocycles. The first-order chi connectivity index (χ1) is 14.1. The molecule has 1 unspecified atom stereocenters. The van der Waals surface area contributed by atoms with Gasteiger partial charge in [0.2, 0.25) is 11.8 Å². The Balaban J connectivity index is 1.36. The van der Waals surface area contributed by atoms with Gasteiger partial charge in [0.1, 0.15) is 5.75 Å². The maximum absolute atomic E-state index is 5.86. The molecule has 29 heavy (non-hydrogen) atoms. The highest BCUT2D eigenvalue weighted by Gasteiger charge is 2.19. The summed E-state index contributed by atoms with van der Waals surface area (Å²) in [5.41, 5.74) is 2.05. The first-order valence-corrected chi connectivity index (χ1v) is 10.1. The minimum Gasteiger partial charge on any atom is -0.484 e. The predicted molar refractivity (Wildman–Crippen MR) is 109 cm³/mol. The summed E-state index contributed by atoms with van der Waals surface area (Å²) >= 11 is 7.20. The van der Waals surface area contributed by atoms with E-state index in [0.717, 1.165) is 5.56 Å². The topological polar surface area (TPSA) is 87.1 Å². The maximum atomic E-state index is 5.86. The number of ether oxygens (including phenoxy) is 1. The zero-order chi connectivity index (χ0) is 20.2. The van der Waals surface area contributed by atoms with Gasteiger partial charge in [0.15, 0.2) is 6.61 Å². The van der Waals surface area contributed by atoms with Crippen molar-refractivity contribution in [1.29, 1.82) is 0 Å². The van der Waals surface area contributed by atoms with Crippen LogP contribution in [0.15, 0.2) is 62.6 Å². The van der Waals surface area contributed by atoms with E-state index >= 15 is 0 Å². The first-order valence-electron chi connectivity index (χ1n) is 8.84. The van der Waals surface area contributed by atoms with E-state index in [-0.39, 0.29) is 11.9 Å². The van der Waals surface area contributed by atoms with Crippen molar-refractivity contribution >= 4 is 23.4 Å². The summed E-state index contributed by atoms with van der Waals surface area (Å²) in [7, 11) is 0. The minimum absolute atomic E-state index is 0.146. The standard InChI is InChI=1S/C20H17ClN4O3S/c1-12-3-5-14(6-4-12)19-24-23-18(28-19)13(2)29-20-25-22-17(27-20)11-26-16-9-7-15(21)8-10-16/h3-10,13H,11H2,1-2H3. The normalized spacial score (nSPS) is 12.1. The maximum Gasteiger partial charge on any atom is 0.277 e. The molecule has 0 aliphatic heterocycles. The van der Waals surface area contributed by atoms with Crippen LogP contribution in [0.5, 0.6) is 5.75 Å². The fourth-order valence-electron chi connectivity index (χ4n) is 2.43. The summed E-state index contributed by atoms with van der Waals surface area (Å²) in [6.07, 6.45) is 0. The van der Waals surface area contributed by atoms with Crippen LogP contribution in [0.1, 0.15) is 29.5 Å². The molecule has 4 rings (SSSR count). The highest BCUT2D eigenvalue weighted by atomic mass is 35.5. The monoisotopic (exact) mass is 428 g/mol. The van der Waals surface area contributed by atoms with Crippen molar-refractivity contribution < 1.29 is 13.6 Å². The van der Waals surface area contributed by atoms with Crippen molar-refractivity contribution in [3.63, 3.8) is 0 Å². The second kappa shape index (κ2) is 8.67. The highest BCUT2D eigenvalue weighted by molar-refractivity contribution is 7.99. The number of aryl methyl sites for hydroxylation is 1. The molecular weight excluding hydrogens is 412 g/mol. The van der Waals surface area contributed by atoms with Gasteiger partial charge in [-0.25, -0.2) is 0 Å². The molecule has 0 bridgehead atoms. The van der Waals surface area contributed by atoms with Gasteiger partial charge in [-0.05, 0) is 50.2 Å². The summed E-state index contributed by atoms with van der Waals surface area (Å²) in [4.78, 5) is 0. The van der Waals surface area contributed by atoms with Crippen molar-refractivity contribution in [1.82, 2.24) is 20.4 Å². The molecule has 2 aromatic heterocycles. The van der Waals surface area contributed by atoms with Crippen LogP contribution in [0, 0.1) is 6.92 Å². The molecule has 4 aromatic rings. The molecule has 7 nitrogen and oxygen atoms in total. The average molecular weight is 429 g/mol. The van der Waals surface area contributed by atoms with Crippen molar-refractivity contribution in [2.45, 2.75) is 30.9 Å². The summed E-state index contributed by atoms with van der Waals surface area (Å²) in [6, 6.07) is 15.0. The van der Waals surface area contributed by atoms with Gasteiger partial charge in [-0.3, -0.25) is 0 Å². The molecule has 0 radical (unpaired) electrons.